The molecule has 2 nitrogen and oxygen atoms in total. The number of hydrogen-bond donors (Lipinski definition) is 2. The molecule has 0 aromatic rings. The van der Waals surface area contributed by atoms with Crippen LogP contribution in [0.3, 0.4) is 0 Å². The third-order valence-electron chi connectivity index (χ3n) is 4.11. The molecule has 0 bridgehead atoms. The largest absolute Gasteiger partial charge is 0.480 e. The van der Waals surface area contributed by atoms with E-state index in [9.17, 15) is 9.90 Å². The van der Waals surface area contributed by atoms with E-state index in [1.165, 1.54) is 84.8 Å². The second kappa shape index (κ2) is 34.3. The molecule has 0 aromatic carbocycles. The first-order valence-corrected chi connectivity index (χ1v) is 31.2. The van der Waals surface area contributed by atoms with Crippen molar-refractivity contribution in [3.8, 4) is 0 Å². The lowest BCUT2D eigenvalue weighted by Crippen LogP contribution is -2.14. The predicted octanol–water partition coefficient (Wildman–Crippen LogP) is 15.2. The summed E-state index contributed by atoms with van der Waals surface area (Å²) in [5.74, 6) is -0.674. The van der Waals surface area contributed by atoms with E-state index in [-0.39, 0.29) is 5.25 Å². The van der Waals surface area contributed by atoms with Crippen molar-refractivity contribution in [3.05, 3.63) is 0 Å². The number of carbonyl (C=O) groups is 1. The molecular formula is C16H32O2S16. The molecule has 0 aliphatic heterocycles. The van der Waals surface area contributed by atoms with Gasteiger partial charge in [0.1, 0.15) is 5.25 Å². The molecule has 0 rings (SSSR count). The Balaban J connectivity index is 3.40. The molecule has 0 aliphatic carbocycles. The zero-order valence-electron chi connectivity index (χ0n) is 18.7. The fourth-order valence-corrected chi connectivity index (χ4v) is 39.2. The lowest BCUT2D eigenvalue weighted by Gasteiger charge is -2.10. The molecule has 0 aromatic heterocycles. The molecule has 204 valence electrons. The van der Waals surface area contributed by atoms with Gasteiger partial charge in [-0.3, -0.25) is 4.79 Å². The van der Waals surface area contributed by atoms with Gasteiger partial charge in [0.2, 0.25) is 0 Å². The molecule has 0 heterocycles. The maximum Gasteiger partial charge on any atom is 0.317 e. The highest BCUT2D eigenvalue weighted by atomic mass is 34.0. The van der Waals surface area contributed by atoms with Crippen molar-refractivity contribution in [2.75, 3.05) is 0 Å². The Morgan fingerprint density at radius 1 is 0.588 bits per heavy atom. The SMILES string of the molecule is CCCCCCCCCCCCCCC(SSSSSSSSSSSSSSSS)C(=O)O. The first kappa shape index (κ1) is 39.1. The monoisotopic (exact) mass is 768 g/mol. The summed E-state index contributed by atoms with van der Waals surface area (Å²) in [6, 6.07) is 0. The average molecular weight is 770 g/mol. The first-order valence-electron chi connectivity index (χ1n) is 10.6. The standard InChI is InChI=1S/C16H32O2S16/c1-2-3-4-5-6-7-8-9-10-11-12-13-14-15(16(17)18)20-22-24-26-28-30-32-34-33-31-29-27-25-23-21-19/h15,19H,2-14H2,1H3,(H,17,18). The van der Waals surface area contributed by atoms with E-state index in [0.717, 1.165) is 19.3 Å². The number of thiol groups is 1. The first-order chi connectivity index (χ1) is 16.7. The highest BCUT2D eigenvalue weighted by Crippen LogP contribution is 2.63. The van der Waals surface area contributed by atoms with E-state index in [1.54, 1.807) is 128 Å². The van der Waals surface area contributed by atoms with Crippen LogP contribution in [0.1, 0.15) is 90.4 Å². The van der Waals surface area contributed by atoms with Crippen LogP contribution in [0.5, 0.6) is 0 Å². The summed E-state index contributed by atoms with van der Waals surface area (Å²) in [7, 11) is 25.4. The van der Waals surface area contributed by atoms with Crippen LogP contribution in [-0.2, 0) is 4.79 Å². The van der Waals surface area contributed by atoms with Crippen LogP contribution in [0.2, 0.25) is 0 Å². The van der Waals surface area contributed by atoms with E-state index in [1.807, 2.05) is 0 Å². The van der Waals surface area contributed by atoms with Crippen molar-refractivity contribution < 1.29 is 9.90 Å². The maximum absolute atomic E-state index is 11.5. The molecule has 0 fully saturated rings. The quantitative estimate of drug-likeness (QED) is 0.0430. The van der Waals surface area contributed by atoms with Gasteiger partial charge in [0.05, 0.1) is 0 Å². The van der Waals surface area contributed by atoms with E-state index in [0.29, 0.717) is 0 Å². The van der Waals surface area contributed by atoms with Crippen molar-refractivity contribution in [3.63, 3.8) is 0 Å². The fourth-order valence-electron chi connectivity index (χ4n) is 2.58. The molecule has 0 saturated heterocycles. The van der Waals surface area contributed by atoms with Gasteiger partial charge in [-0.25, -0.2) is 0 Å². The minimum Gasteiger partial charge on any atom is -0.480 e. The van der Waals surface area contributed by atoms with E-state index in [2.05, 4.69) is 18.6 Å². The highest BCUT2D eigenvalue weighted by molar-refractivity contribution is 9.57. The molecule has 1 N–H and O–H groups in total. The minimum atomic E-state index is -0.674. The molecular weight excluding hydrogens is 737 g/mol. The molecule has 0 radical (unpaired) electrons. The summed E-state index contributed by atoms with van der Waals surface area (Å²) in [6.07, 6.45) is 16.5. The fraction of sp³-hybridized carbons (Fsp3) is 0.938. The van der Waals surface area contributed by atoms with Gasteiger partial charge in [-0.2, -0.15) is 0 Å². The Hall–Kier alpha value is 5.07. The highest BCUT2D eigenvalue weighted by Gasteiger charge is 2.18. The van der Waals surface area contributed by atoms with Crippen LogP contribution in [0, 0.1) is 0 Å². The molecule has 34 heavy (non-hydrogen) atoms. The summed E-state index contributed by atoms with van der Waals surface area (Å²) in [4.78, 5) is 11.5. The van der Waals surface area contributed by atoms with Gasteiger partial charge >= 0.3 is 5.97 Å². The third kappa shape index (κ3) is 31.6. The van der Waals surface area contributed by atoms with E-state index >= 15 is 0 Å². The van der Waals surface area contributed by atoms with Crippen LogP contribution in [0.4, 0.5) is 0 Å². The van der Waals surface area contributed by atoms with E-state index in [4.69, 9.17) is 0 Å². The van der Waals surface area contributed by atoms with Crippen molar-refractivity contribution in [1.29, 1.82) is 0 Å². The summed E-state index contributed by atoms with van der Waals surface area (Å²) in [5, 5.41) is 9.18. The van der Waals surface area contributed by atoms with Crippen molar-refractivity contribution >= 4 is 166 Å². The number of carboxylic acid groups (broad SMARTS) is 1. The lowest BCUT2D eigenvalue weighted by molar-refractivity contribution is -0.136. The molecule has 0 saturated carbocycles. The Bertz CT molecular complexity index is 424. The molecule has 0 amide bonds. The number of aliphatic carboxylic acids is 1. The van der Waals surface area contributed by atoms with Crippen LogP contribution in [0.15, 0.2) is 0 Å². The van der Waals surface area contributed by atoms with Gasteiger partial charge in [0.15, 0.2) is 0 Å². The van der Waals surface area contributed by atoms with Crippen molar-refractivity contribution in [2.24, 2.45) is 0 Å². The van der Waals surface area contributed by atoms with Crippen molar-refractivity contribution in [2.45, 2.75) is 95.6 Å². The lowest BCUT2D eigenvalue weighted by atomic mass is 10.0. The second-order valence-electron chi connectivity index (χ2n) is 6.56. The zero-order chi connectivity index (χ0) is 25.0. The summed E-state index contributed by atoms with van der Waals surface area (Å²) in [6.45, 7) is 2.27. The van der Waals surface area contributed by atoms with Crippen molar-refractivity contribution in [1.82, 2.24) is 0 Å². The Morgan fingerprint density at radius 3 is 1.32 bits per heavy atom. The number of hydrogen-bond acceptors (Lipinski definition) is 17. The van der Waals surface area contributed by atoms with Crippen LogP contribution in [0.25, 0.3) is 0 Å². The molecule has 0 spiro atoms. The van der Waals surface area contributed by atoms with Gasteiger partial charge in [0, 0.05) is 0 Å². The smallest absolute Gasteiger partial charge is 0.317 e. The van der Waals surface area contributed by atoms with Gasteiger partial charge < -0.3 is 5.11 Å². The average Bonchev–Trinajstić information content (AvgIpc) is 2.83. The molecule has 1 atom stereocenters. The molecule has 0 aliphatic rings. The predicted molar refractivity (Wildman–Crippen MR) is 200 cm³/mol. The summed E-state index contributed by atoms with van der Waals surface area (Å²) < 4.78 is 0. The zero-order valence-corrected chi connectivity index (χ0v) is 31.8. The van der Waals surface area contributed by atoms with Gasteiger partial charge in [-0.05, 0) is 144 Å². The van der Waals surface area contributed by atoms with E-state index < -0.39 is 5.97 Å². The van der Waals surface area contributed by atoms with Crippen LogP contribution >= 0.6 is 160 Å². The number of unbranched alkanes of at least 4 members (excludes halogenated alkanes) is 11. The van der Waals surface area contributed by atoms with Crippen LogP contribution < -0.4 is 0 Å². The molecule has 1 unspecified atom stereocenters. The normalized spacial score (nSPS) is 12.3. The minimum absolute atomic E-state index is 0.296. The summed E-state index contributed by atoms with van der Waals surface area (Å²) >= 11 is 4.07. The second-order valence-corrected chi connectivity index (χ2v) is 32.8. The van der Waals surface area contributed by atoms with Crippen LogP contribution in [-0.4, -0.2) is 16.3 Å². The summed E-state index contributed by atoms with van der Waals surface area (Å²) in [5.41, 5.74) is 0. The Morgan fingerprint density at radius 2 is 0.941 bits per heavy atom. The molecule has 18 heteroatoms. The van der Waals surface area contributed by atoms with Gasteiger partial charge in [-0.1, -0.05) is 106 Å². The van der Waals surface area contributed by atoms with Gasteiger partial charge in [-0.15, -0.1) is 0 Å². The Kier molecular flexibility index (Phi) is 39.4. The Labute approximate surface area is 267 Å². The third-order valence-corrected chi connectivity index (χ3v) is 35.6. The number of rotatable bonds is 29. The number of carboxylic acids is 1. The maximum atomic E-state index is 11.5. The van der Waals surface area contributed by atoms with Gasteiger partial charge in [0.25, 0.3) is 0 Å². The topological polar surface area (TPSA) is 37.3 Å².